The molecule has 1 atom stereocenters. The lowest BCUT2D eigenvalue weighted by atomic mass is 10.3. The Morgan fingerprint density at radius 2 is 2.07 bits per heavy atom. The van der Waals surface area contributed by atoms with Crippen molar-refractivity contribution in [3.63, 3.8) is 0 Å². The van der Waals surface area contributed by atoms with E-state index in [0.717, 1.165) is 11.1 Å². The number of amides is 1. The van der Waals surface area contributed by atoms with Gasteiger partial charge in [-0.2, -0.15) is 5.10 Å². The van der Waals surface area contributed by atoms with Crippen LogP contribution in [0.2, 0.25) is 0 Å². The van der Waals surface area contributed by atoms with Gasteiger partial charge in [-0.25, -0.2) is 23.1 Å². The van der Waals surface area contributed by atoms with Crippen LogP contribution >= 0.6 is 11.8 Å². The van der Waals surface area contributed by atoms with Crippen LogP contribution in [0.25, 0.3) is 16.7 Å². The average molecular weight is 403 g/mol. The summed E-state index contributed by atoms with van der Waals surface area (Å²) < 4.78 is 24.7. The van der Waals surface area contributed by atoms with Crippen LogP contribution in [-0.4, -0.2) is 57.4 Å². The lowest BCUT2D eigenvalue weighted by molar-refractivity contribution is -0.119. The number of carbonyl (C=O) groups is 1. The Hall–Kier alpha value is -2.46. The maximum atomic E-state index is 12.2. The van der Waals surface area contributed by atoms with Crippen molar-refractivity contribution in [2.45, 2.75) is 17.5 Å². The van der Waals surface area contributed by atoms with E-state index in [0.29, 0.717) is 17.1 Å². The number of carbonyl (C=O) groups excluding carboxylic acids is 1. The van der Waals surface area contributed by atoms with Crippen LogP contribution in [0, 0.1) is 0 Å². The lowest BCUT2D eigenvalue weighted by Crippen LogP contribution is -2.36. The van der Waals surface area contributed by atoms with E-state index < -0.39 is 9.84 Å². The van der Waals surface area contributed by atoms with E-state index in [2.05, 4.69) is 20.4 Å². The van der Waals surface area contributed by atoms with Crippen molar-refractivity contribution >= 4 is 38.5 Å². The number of aromatic nitrogens is 4. The topological polar surface area (TPSA) is 107 Å². The van der Waals surface area contributed by atoms with Crippen molar-refractivity contribution in [2.75, 3.05) is 17.3 Å². The zero-order valence-electron chi connectivity index (χ0n) is 14.3. The molecule has 0 spiro atoms. The molecule has 10 heteroatoms. The largest absolute Gasteiger partial charge is 0.352 e. The number of rotatable bonds is 5. The first kappa shape index (κ1) is 17.9. The number of para-hydroxylation sites is 1. The van der Waals surface area contributed by atoms with Gasteiger partial charge in [0, 0.05) is 6.04 Å². The Morgan fingerprint density at radius 3 is 2.81 bits per heavy atom. The number of sulfone groups is 1. The maximum Gasteiger partial charge on any atom is 0.230 e. The minimum atomic E-state index is -3.01. The van der Waals surface area contributed by atoms with Gasteiger partial charge in [-0.15, -0.1) is 0 Å². The molecule has 140 valence electrons. The molecule has 4 rings (SSSR count). The number of hydrogen-bond acceptors (Lipinski definition) is 7. The van der Waals surface area contributed by atoms with Gasteiger partial charge < -0.3 is 5.32 Å². The van der Waals surface area contributed by atoms with E-state index in [-0.39, 0.29) is 29.2 Å². The summed E-state index contributed by atoms with van der Waals surface area (Å²) in [6, 6.07) is 9.35. The first-order valence-corrected chi connectivity index (χ1v) is 11.2. The fourth-order valence-corrected chi connectivity index (χ4v) is 5.45. The van der Waals surface area contributed by atoms with E-state index >= 15 is 0 Å². The Kier molecular flexibility index (Phi) is 4.83. The number of nitrogens with one attached hydrogen (secondary N) is 1. The van der Waals surface area contributed by atoms with Gasteiger partial charge in [-0.1, -0.05) is 30.0 Å². The van der Waals surface area contributed by atoms with E-state index in [1.807, 2.05) is 30.3 Å². The summed E-state index contributed by atoms with van der Waals surface area (Å²) in [5, 5.41) is 8.60. The zero-order valence-corrected chi connectivity index (χ0v) is 15.9. The molecule has 0 aliphatic carbocycles. The molecule has 1 aliphatic heterocycles. The van der Waals surface area contributed by atoms with Crippen LogP contribution in [0.1, 0.15) is 6.42 Å². The Bertz CT molecular complexity index is 1080. The smallest absolute Gasteiger partial charge is 0.230 e. The molecule has 1 amide bonds. The second kappa shape index (κ2) is 7.28. The monoisotopic (exact) mass is 403 g/mol. The SMILES string of the molecule is O=C(CSc1ncnc2c1cnn2-c1ccccc1)NC1CCS(=O)(=O)C1. The maximum absolute atomic E-state index is 12.2. The molecule has 0 radical (unpaired) electrons. The summed E-state index contributed by atoms with van der Waals surface area (Å²) in [5.41, 5.74) is 1.56. The molecule has 1 saturated heterocycles. The lowest BCUT2D eigenvalue weighted by Gasteiger charge is -2.10. The molecule has 0 bridgehead atoms. The van der Waals surface area contributed by atoms with Gasteiger partial charge in [0.2, 0.25) is 5.91 Å². The third-order valence-electron chi connectivity index (χ3n) is 4.27. The number of nitrogens with zero attached hydrogens (tertiary/aromatic N) is 4. The second-order valence-corrected chi connectivity index (χ2v) is 9.46. The first-order chi connectivity index (χ1) is 13.0. The van der Waals surface area contributed by atoms with Gasteiger partial charge in [0.25, 0.3) is 0 Å². The summed E-state index contributed by atoms with van der Waals surface area (Å²) in [7, 11) is -3.01. The fraction of sp³-hybridized carbons (Fsp3) is 0.294. The van der Waals surface area contributed by atoms with E-state index in [4.69, 9.17) is 0 Å². The van der Waals surface area contributed by atoms with E-state index in [9.17, 15) is 13.2 Å². The fourth-order valence-electron chi connectivity index (χ4n) is 3.01. The summed E-state index contributed by atoms with van der Waals surface area (Å²) in [4.78, 5) is 20.7. The first-order valence-electron chi connectivity index (χ1n) is 8.38. The van der Waals surface area contributed by atoms with Crippen molar-refractivity contribution in [1.82, 2.24) is 25.1 Å². The van der Waals surface area contributed by atoms with Crippen molar-refractivity contribution in [3.8, 4) is 5.69 Å². The molecule has 1 aromatic carbocycles. The van der Waals surface area contributed by atoms with E-state index in [1.54, 1.807) is 10.9 Å². The summed E-state index contributed by atoms with van der Waals surface area (Å²) in [5.74, 6) is 0.102. The zero-order chi connectivity index (χ0) is 18.9. The summed E-state index contributed by atoms with van der Waals surface area (Å²) >= 11 is 1.28. The molecule has 0 saturated carbocycles. The van der Waals surface area contributed by atoms with Crippen molar-refractivity contribution in [1.29, 1.82) is 0 Å². The Balaban J connectivity index is 1.47. The Labute approximate surface area is 160 Å². The number of thioether (sulfide) groups is 1. The number of hydrogen-bond donors (Lipinski definition) is 1. The molecule has 3 heterocycles. The highest BCUT2D eigenvalue weighted by atomic mass is 32.2. The standard InChI is InChI=1S/C17H17N5O3S2/c23-15(21-12-6-7-27(24,25)10-12)9-26-17-14-8-20-22(16(14)18-11-19-17)13-4-2-1-3-5-13/h1-5,8,11-12H,6-7,9-10H2,(H,21,23). The highest BCUT2D eigenvalue weighted by molar-refractivity contribution is 8.00. The number of fused-ring (bicyclic) bond motifs is 1. The summed E-state index contributed by atoms with van der Waals surface area (Å²) in [6.45, 7) is 0. The molecule has 8 nitrogen and oxygen atoms in total. The van der Waals surface area contributed by atoms with Crippen LogP contribution in [-0.2, 0) is 14.6 Å². The molecule has 27 heavy (non-hydrogen) atoms. The van der Waals surface area contributed by atoms with E-state index in [1.165, 1.54) is 18.1 Å². The van der Waals surface area contributed by atoms with Gasteiger partial charge in [-0.05, 0) is 18.6 Å². The molecule has 1 aliphatic rings. The quantitative estimate of drug-likeness (QED) is 0.504. The molecule has 2 aromatic heterocycles. The van der Waals surface area contributed by atoms with Crippen LogP contribution in [0.15, 0.2) is 47.9 Å². The molecular weight excluding hydrogens is 386 g/mol. The predicted octanol–water partition coefficient (Wildman–Crippen LogP) is 1.21. The van der Waals surface area contributed by atoms with Crippen LogP contribution in [0.4, 0.5) is 0 Å². The molecular formula is C17H17N5O3S2. The predicted molar refractivity (Wildman–Crippen MR) is 103 cm³/mol. The molecule has 1 fully saturated rings. The minimum Gasteiger partial charge on any atom is -0.352 e. The average Bonchev–Trinajstić information content (AvgIpc) is 3.24. The normalized spacial score (nSPS) is 18.6. The second-order valence-electron chi connectivity index (χ2n) is 6.26. The van der Waals surface area contributed by atoms with Crippen LogP contribution in [0.5, 0.6) is 0 Å². The van der Waals surface area contributed by atoms with Crippen LogP contribution in [0.3, 0.4) is 0 Å². The van der Waals surface area contributed by atoms with Gasteiger partial charge in [-0.3, -0.25) is 4.79 Å². The molecule has 1 N–H and O–H groups in total. The molecule has 3 aromatic rings. The van der Waals surface area contributed by atoms with Crippen molar-refractivity contribution in [3.05, 3.63) is 42.9 Å². The van der Waals surface area contributed by atoms with Crippen molar-refractivity contribution in [2.24, 2.45) is 0 Å². The molecule has 1 unspecified atom stereocenters. The van der Waals surface area contributed by atoms with Crippen LogP contribution < -0.4 is 5.32 Å². The highest BCUT2D eigenvalue weighted by Crippen LogP contribution is 2.25. The third-order valence-corrected chi connectivity index (χ3v) is 7.04. The van der Waals surface area contributed by atoms with Gasteiger partial charge in [0.15, 0.2) is 15.5 Å². The highest BCUT2D eigenvalue weighted by Gasteiger charge is 2.28. The van der Waals surface area contributed by atoms with Gasteiger partial charge >= 0.3 is 0 Å². The van der Waals surface area contributed by atoms with Crippen molar-refractivity contribution < 1.29 is 13.2 Å². The van der Waals surface area contributed by atoms with Gasteiger partial charge in [0.1, 0.15) is 11.4 Å². The Morgan fingerprint density at radius 1 is 1.26 bits per heavy atom. The summed E-state index contributed by atoms with van der Waals surface area (Å²) in [6.07, 6.45) is 3.61. The van der Waals surface area contributed by atoms with Gasteiger partial charge in [0.05, 0.1) is 34.5 Å². The minimum absolute atomic E-state index is 0.0189. The third kappa shape index (κ3) is 3.96. The number of benzene rings is 1.